The standard InChI is InChI=1S/C16H18BrNO2/c1-10(19)11-4-6-12(7-5-11)18-13-8-16(2,3)9-14(20)15(13)17/h4-7,18H,8-9H2,1-3H3. The number of carbonyl (C=O) groups is 2. The van der Waals surface area contributed by atoms with Crippen molar-refractivity contribution in [2.24, 2.45) is 5.41 Å². The van der Waals surface area contributed by atoms with Crippen molar-refractivity contribution >= 4 is 33.2 Å². The molecule has 0 unspecified atom stereocenters. The fraction of sp³-hybridized carbons (Fsp3) is 0.375. The third-order valence-corrected chi connectivity index (χ3v) is 4.31. The summed E-state index contributed by atoms with van der Waals surface area (Å²) in [7, 11) is 0. The van der Waals surface area contributed by atoms with Gasteiger partial charge >= 0.3 is 0 Å². The normalized spacial score (nSPS) is 18.1. The van der Waals surface area contributed by atoms with Gasteiger partial charge in [0.05, 0.1) is 4.48 Å². The molecule has 0 saturated carbocycles. The van der Waals surface area contributed by atoms with Crippen molar-refractivity contribution in [1.82, 2.24) is 0 Å². The highest BCUT2D eigenvalue weighted by Crippen LogP contribution is 2.38. The molecule has 3 nitrogen and oxygen atoms in total. The molecule has 0 radical (unpaired) electrons. The molecule has 1 N–H and O–H groups in total. The summed E-state index contributed by atoms with van der Waals surface area (Å²) >= 11 is 3.38. The number of Topliss-reactive ketones (excluding diaryl/α,β-unsaturated/α-hetero) is 2. The number of carbonyl (C=O) groups excluding carboxylic acids is 2. The molecule has 0 heterocycles. The van der Waals surface area contributed by atoms with Crippen LogP contribution in [0.4, 0.5) is 5.69 Å². The summed E-state index contributed by atoms with van der Waals surface area (Å²) < 4.78 is 0.632. The van der Waals surface area contributed by atoms with Crippen LogP contribution in [0.15, 0.2) is 34.4 Å². The molecule has 0 bridgehead atoms. The molecule has 20 heavy (non-hydrogen) atoms. The second-order valence-electron chi connectivity index (χ2n) is 5.99. The molecule has 4 heteroatoms. The predicted molar refractivity (Wildman–Crippen MR) is 84.0 cm³/mol. The van der Waals surface area contributed by atoms with Gasteiger partial charge in [-0.1, -0.05) is 13.8 Å². The van der Waals surface area contributed by atoms with Crippen molar-refractivity contribution in [3.05, 3.63) is 40.0 Å². The van der Waals surface area contributed by atoms with Gasteiger partial charge in [-0.25, -0.2) is 0 Å². The summed E-state index contributed by atoms with van der Waals surface area (Å²) in [5, 5.41) is 3.28. The Morgan fingerprint density at radius 3 is 2.35 bits per heavy atom. The molecule has 0 atom stereocenters. The maximum Gasteiger partial charge on any atom is 0.172 e. The smallest absolute Gasteiger partial charge is 0.172 e. The van der Waals surface area contributed by atoms with Crippen molar-refractivity contribution in [3.63, 3.8) is 0 Å². The minimum atomic E-state index is -0.0317. The molecule has 106 valence electrons. The van der Waals surface area contributed by atoms with E-state index in [4.69, 9.17) is 0 Å². The fourth-order valence-electron chi connectivity index (χ4n) is 2.36. The number of nitrogens with one attached hydrogen (secondary N) is 1. The van der Waals surface area contributed by atoms with Gasteiger partial charge in [0, 0.05) is 23.4 Å². The van der Waals surface area contributed by atoms with E-state index in [1.165, 1.54) is 0 Å². The average Bonchev–Trinajstić information content (AvgIpc) is 2.35. The lowest BCUT2D eigenvalue weighted by Crippen LogP contribution is -2.26. The minimum absolute atomic E-state index is 0.0317. The Morgan fingerprint density at radius 1 is 1.20 bits per heavy atom. The maximum absolute atomic E-state index is 12.0. The van der Waals surface area contributed by atoms with Crippen molar-refractivity contribution in [2.75, 3.05) is 5.32 Å². The second-order valence-corrected chi connectivity index (χ2v) is 6.79. The number of anilines is 1. The Bertz CT molecular complexity index is 585. The molecule has 1 aromatic rings. The van der Waals surface area contributed by atoms with Gasteiger partial charge in [-0.15, -0.1) is 0 Å². The molecule has 1 aromatic carbocycles. The minimum Gasteiger partial charge on any atom is -0.358 e. The number of ketones is 2. The van der Waals surface area contributed by atoms with Crippen molar-refractivity contribution in [3.8, 4) is 0 Å². The molecule has 0 amide bonds. The first-order chi connectivity index (χ1) is 9.28. The lowest BCUT2D eigenvalue weighted by molar-refractivity contribution is -0.117. The molecule has 0 fully saturated rings. The highest BCUT2D eigenvalue weighted by atomic mass is 79.9. The number of benzene rings is 1. The lowest BCUT2D eigenvalue weighted by Gasteiger charge is -2.31. The van der Waals surface area contributed by atoms with E-state index in [2.05, 4.69) is 35.1 Å². The van der Waals surface area contributed by atoms with Gasteiger partial charge in [0.15, 0.2) is 11.6 Å². The zero-order chi connectivity index (χ0) is 14.9. The summed E-state index contributed by atoms with van der Waals surface area (Å²) in [5.74, 6) is 0.176. The van der Waals surface area contributed by atoms with Crippen LogP contribution in [0.25, 0.3) is 0 Å². The molecular formula is C16H18BrNO2. The van der Waals surface area contributed by atoms with Gasteiger partial charge in [0.25, 0.3) is 0 Å². The Hall–Kier alpha value is -1.42. The van der Waals surface area contributed by atoms with E-state index in [1.54, 1.807) is 19.1 Å². The van der Waals surface area contributed by atoms with E-state index < -0.39 is 0 Å². The highest BCUT2D eigenvalue weighted by molar-refractivity contribution is 9.12. The highest BCUT2D eigenvalue weighted by Gasteiger charge is 2.31. The molecule has 0 spiro atoms. The van der Waals surface area contributed by atoms with Crippen LogP contribution in [0.3, 0.4) is 0 Å². The van der Waals surface area contributed by atoms with Crippen LogP contribution in [0.2, 0.25) is 0 Å². The summed E-state index contributed by atoms with van der Waals surface area (Å²) in [6.45, 7) is 5.72. The van der Waals surface area contributed by atoms with Crippen molar-refractivity contribution < 1.29 is 9.59 Å². The van der Waals surface area contributed by atoms with Gasteiger partial charge in [0.2, 0.25) is 0 Å². The molecule has 0 aliphatic heterocycles. The van der Waals surface area contributed by atoms with Crippen molar-refractivity contribution in [1.29, 1.82) is 0 Å². The third kappa shape index (κ3) is 3.37. The van der Waals surface area contributed by atoms with Crippen LogP contribution in [0.1, 0.15) is 44.0 Å². The quantitative estimate of drug-likeness (QED) is 0.837. The largest absolute Gasteiger partial charge is 0.358 e. The first-order valence-corrected chi connectivity index (χ1v) is 7.38. The van der Waals surface area contributed by atoms with Crippen LogP contribution in [-0.4, -0.2) is 11.6 Å². The van der Waals surface area contributed by atoms with Gasteiger partial charge in [0.1, 0.15) is 0 Å². The maximum atomic E-state index is 12.0. The van der Waals surface area contributed by atoms with Crippen LogP contribution < -0.4 is 5.32 Å². The topological polar surface area (TPSA) is 46.2 Å². The average molecular weight is 336 g/mol. The lowest BCUT2D eigenvalue weighted by atomic mass is 9.79. The number of halogens is 1. The van der Waals surface area contributed by atoms with Crippen LogP contribution in [0, 0.1) is 5.41 Å². The van der Waals surface area contributed by atoms with Crippen molar-refractivity contribution in [2.45, 2.75) is 33.6 Å². The summed E-state index contributed by atoms with van der Waals surface area (Å²) in [5.41, 5.74) is 2.44. The first kappa shape index (κ1) is 15.0. The monoisotopic (exact) mass is 335 g/mol. The Morgan fingerprint density at radius 2 is 1.80 bits per heavy atom. The van der Waals surface area contributed by atoms with E-state index in [0.717, 1.165) is 17.8 Å². The number of rotatable bonds is 3. The molecule has 0 saturated heterocycles. The van der Waals surface area contributed by atoms with E-state index in [1.807, 2.05) is 12.1 Å². The van der Waals surface area contributed by atoms with Crippen LogP contribution in [-0.2, 0) is 4.79 Å². The molecule has 1 aliphatic carbocycles. The second kappa shape index (κ2) is 5.52. The summed E-state index contributed by atoms with van der Waals surface area (Å²) in [6.07, 6.45) is 1.37. The zero-order valence-electron chi connectivity index (χ0n) is 11.9. The summed E-state index contributed by atoms with van der Waals surface area (Å²) in [4.78, 5) is 23.2. The Labute approximate surface area is 127 Å². The van der Waals surface area contributed by atoms with Gasteiger partial charge in [-0.2, -0.15) is 0 Å². The SMILES string of the molecule is CC(=O)c1ccc(NC2=C(Br)C(=O)CC(C)(C)C2)cc1. The number of hydrogen-bond acceptors (Lipinski definition) is 3. The van der Waals surface area contributed by atoms with Gasteiger partial charge < -0.3 is 5.32 Å². The van der Waals surface area contributed by atoms with E-state index in [9.17, 15) is 9.59 Å². The Balaban J connectivity index is 2.22. The van der Waals surface area contributed by atoms with Gasteiger partial charge in [-0.3, -0.25) is 9.59 Å². The number of hydrogen-bond donors (Lipinski definition) is 1. The first-order valence-electron chi connectivity index (χ1n) is 6.58. The third-order valence-electron chi connectivity index (χ3n) is 3.39. The number of allylic oxidation sites excluding steroid dienone is 2. The predicted octanol–water partition coefficient (Wildman–Crippen LogP) is 4.30. The van der Waals surface area contributed by atoms with Gasteiger partial charge in [-0.05, 0) is 59.0 Å². The van der Waals surface area contributed by atoms with Crippen LogP contribution in [0.5, 0.6) is 0 Å². The van der Waals surface area contributed by atoms with E-state index in [-0.39, 0.29) is 17.0 Å². The molecule has 2 rings (SSSR count). The Kier molecular flexibility index (Phi) is 4.14. The molecule has 1 aliphatic rings. The zero-order valence-corrected chi connectivity index (χ0v) is 13.5. The van der Waals surface area contributed by atoms with E-state index in [0.29, 0.717) is 16.5 Å². The van der Waals surface area contributed by atoms with Crippen LogP contribution >= 0.6 is 15.9 Å². The fourth-order valence-corrected chi connectivity index (χ4v) is 2.74. The van der Waals surface area contributed by atoms with E-state index >= 15 is 0 Å². The molecule has 0 aromatic heterocycles. The summed E-state index contributed by atoms with van der Waals surface area (Å²) in [6, 6.07) is 7.29. The molecular weight excluding hydrogens is 318 g/mol.